The normalized spacial score (nSPS) is 19.2. The number of likely N-dealkylation sites (tertiary alicyclic amines) is 1. The van der Waals surface area contributed by atoms with Crippen molar-refractivity contribution in [3.8, 4) is 0 Å². The number of Topliss-reactive ketones (excluding diaryl/α,β-unsaturated/α-hetero) is 1. The summed E-state index contributed by atoms with van der Waals surface area (Å²) in [7, 11) is 0. The van der Waals surface area contributed by atoms with E-state index in [1.807, 2.05) is 0 Å². The first-order chi connectivity index (χ1) is 12.4. The molecule has 3 rings (SSSR count). The lowest BCUT2D eigenvalue weighted by molar-refractivity contribution is -0.140. The van der Waals surface area contributed by atoms with Crippen molar-refractivity contribution in [3.63, 3.8) is 0 Å². The van der Waals surface area contributed by atoms with Crippen molar-refractivity contribution in [3.05, 3.63) is 76.9 Å². The lowest BCUT2D eigenvalue weighted by Gasteiger charge is -2.24. The van der Waals surface area contributed by atoms with Crippen LogP contribution in [0.3, 0.4) is 0 Å². The number of benzene rings is 2. The van der Waals surface area contributed by atoms with Crippen molar-refractivity contribution in [2.75, 3.05) is 13.2 Å². The van der Waals surface area contributed by atoms with E-state index in [1.54, 1.807) is 0 Å². The molecule has 26 heavy (non-hydrogen) atoms. The first-order valence-electron chi connectivity index (χ1n) is 7.84. The second-order valence-corrected chi connectivity index (χ2v) is 5.78. The van der Waals surface area contributed by atoms with Crippen LogP contribution in [0.15, 0.2) is 54.1 Å². The number of ketones is 1. The van der Waals surface area contributed by atoms with Gasteiger partial charge in [-0.05, 0) is 42.0 Å². The Morgan fingerprint density at radius 1 is 1.04 bits per heavy atom. The molecule has 2 aromatic rings. The first-order valence-corrected chi connectivity index (χ1v) is 7.84. The summed E-state index contributed by atoms with van der Waals surface area (Å²) in [6.45, 7) is -0.568. The summed E-state index contributed by atoms with van der Waals surface area (Å²) in [5.74, 6) is -3.44. The Kier molecular flexibility index (Phi) is 4.81. The highest BCUT2D eigenvalue weighted by molar-refractivity contribution is 6.46. The van der Waals surface area contributed by atoms with E-state index in [0.717, 1.165) is 23.1 Å². The zero-order valence-corrected chi connectivity index (χ0v) is 13.5. The summed E-state index contributed by atoms with van der Waals surface area (Å²) in [5, 5.41) is 19.8. The van der Waals surface area contributed by atoms with Gasteiger partial charge in [-0.15, -0.1) is 0 Å². The van der Waals surface area contributed by atoms with Crippen molar-refractivity contribution < 1.29 is 28.6 Å². The van der Waals surface area contributed by atoms with E-state index >= 15 is 0 Å². The highest BCUT2D eigenvalue weighted by Gasteiger charge is 2.45. The number of carbonyl (C=O) groups is 2. The minimum Gasteiger partial charge on any atom is -0.507 e. The number of hydrogen-bond acceptors (Lipinski definition) is 4. The molecular weight excluding hydrogens is 344 g/mol. The Morgan fingerprint density at radius 2 is 1.73 bits per heavy atom. The van der Waals surface area contributed by atoms with Gasteiger partial charge in [0, 0.05) is 12.1 Å². The number of carbonyl (C=O) groups excluding carboxylic acids is 2. The van der Waals surface area contributed by atoms with Crippen molar-refractivity contribution in [1.29, 1.82) is 0 Å². The smallest absolute Gasteiger partial charge is 0.295 e. The van der Waals surface area contributed by atoms with Gasteiger partial charge in [0.1, 0.15) is 17.4 Å². The molecule has 0 spiro atoms. The van der Waals surface area contributed by atoms with Crippen molar-refractivity contribution in [2.45, 2.75) is 6.04 Å². The largest absolute Gasteiger partial charge is 0.507 e. The predicted octanol–water partition coefficient (Wildman–Crippen LogP) is 2.38. The molecule has 1 unspecified atom stereocenters. The van der Waals surface area contributed by atoms with E-state index in [-0.39, 0.29) is 23.2 Å². The molecule has 7 heteroatoms. The first kappa shape index (κ1) is 17.8. The Bertz CT molecular complexity index is 893. The van der Waals surface area contributed by atoms with Gasteiger partial charge < -0.3 is 15.1 Å². The molecule has 1 amide bonds. The van der Waals surface area contributed by atoms with Crippen molar-refractivity contribution >= 4 is 17.4 Å². The molecule has 1 atom stereocenters. The zero-order valence-electron chi connectivity index (χ0n) is 13.5. The molecule has 0 saturated carbocycles. The molecule has 2 N–H and O–H groups in total. The van der Waals surface area contributed by atoms with Gasteiger partial charge in [0.2, 0.25) is 0 Å². The monoisotopic (exact) mass is 359 g/mol. The Morgan fingerprint density at radius 3 is 2.35 bits per heavy atom. The molecule has 0 aliphatic carbocycles. The average molecular weight is 359 g/mol. The number of β-amino-alcohol motifs (C(OH)–C–C–N with tert-alkyl or cyclic N) is 1. The number of aliphatic hydroxyl groups is 2. The van der Waals surface area contributed by atoms with Crippen molar-refractivity contribution in [2.24, 2.45) is 0 Å². The van der Waals surface area contributed by atoms with Gasteiger partial charge in [-0.2, -0.15) is 0 Å². The maximum absolute atomic E-state index is 13.7. The number of hydrogen-bond donors (Lipinski definition) is 2. The van der Waals surface area contributed by atoms with Crippen molar-refractivity contribution in [1.82, 2.24) is 4.90 Å². The lowest BCUT2D eigenvalue weighted by Crippen LogP contribution is -2.32. The number of rotatable bonds is 4. The molecule has 0 aromatic heterocycles. The van der Waals surface area contributed by atoms with Gasteiger partial charge in [0.05, 0.1) is 18.2 Å². The fraction of sp³-hybridized carbons (Fsp3) is 0.158. The number of halogens is 2. The summed E-state index contributed by atoms with van der Waals surface area (Å²) < 4.78 is 26.8. The van der Waals surface area contributed by atoms with Gasteiger partial charge in [-0.25, -0.2) is 8.78 Å². The lowest BCUT2D eigenvalue weighted by atomic mass is 9.95. The van der Waals surface area contributed by atoms with E-state index in [0.29, 0.717) is 0 Å². The quantitative estimate of drug-likeness (QED) is 0.499. The maximum Gasteiger partial charge on any atom is 0.295 e. The molecule has 5 nitrogen and oxygen atoms in total. The number of aliphatic hydroxyl groups excluding tert-OH is 2. The van der Waals surface area contributed by atoms with Gasteiger partial charge in [0.15, 0.2) is 0 Å². The van der Waals surface area contributed by atoms with Crippen LogP contribution >= 0.6 is 0 Å². The minimum absolute atomic E-state index is 0.148. The number of nitrogens with zero attached hydrogens (tertiary/aromatic N) is 1. The summed E-state index contributed by atoms with van der Waals surface area (Å²) in [6.07, 6.45) is 0. The highest BCUT2D eigenvalue weighted by Crippen LogP contribution is 2.39. The van der Waals surface area contributed by atoms with E-state index < -0.39 is 41.7 Å². The Hall–Kier alpha value is -3.06. The van der Waals surface area contributed by atoms with Gasteiger partial charge in [-0.1, -0.05) is 12.1 Å². The van der Waals surface area contributed by atoms with E-state index in [9.17, 15) is 28.6 Å². The second-order valence-electron chi connectivity index (χ2n) is 5.78. The minimum atomic E-state index is -1.05. The third kappa shape index (κ3) is 3.09. The molecular formula is C19H15F2NO4. The van der Waals surface area contributed by atoms with Crippen LogP contribution in [0.2, 0.25) is 0 Å². The van der Waals surface area contributed by atoms with Crippen LogP contribution in [0.5, 0.6) is 0 Å². The molecule has 134 valence electrons. The van der Waals surface area contributed by atoms with Crippen LogP contribution in [0.4, 0.5) is 8.78 Å². The van der Waals surface area contributed by atoms with Crippen LogP contribution in [0, 0.1) is 11.6 Å². The maximum atomic E-state index is 13.7. The van der Waals surface area contributed by atoms with Crippen LogP contribution in [0.25, 0.3) is 5.76 Å². The van der Waals surface area contributed by atoms with Gasteiger partial charge in [0.25, 0.3) is 11.7 Å². The van der Waals surface area contributed by atoms with E-state index in [2.05, 4.69) is 0 Å². The predicted molar refractivity (Wildman–Crippen MR) is 88.9 cm³/mol. The molecule has 2 aromatic carbocycles. The van der Waals surface area contributed by atoms with Crippen LogP contribution in [-0.2, 0) is 9.59 Å². The fourth-order valence-corrected chi connectivity index (χ4v) is 3.00. The average Bonchev–Trinajstić information content (AvgIpc) is 2.87. The molecule has 0 radical (unpaired) electrons. The molecule has 1 saturated heterocycles. The summed E-state index contributed by atoms with van der Waals surface area (Å²) in [6, 6.07) is 9.00. The van der Waals surface area contributed by atoms with Crippen LogP contribution in [-0.4, -0.2) is 40.0 Å². The molecule has 1 fully saturated rings. The van der Waals surface area contributed by atoms with Crippen LogP contribution in [0.1, 0.15) is 17.2 Å². The third-order valence-corrected chi connectivity index (χ3v) is 4.16. The third-order valence-electron chi connectivity index (χ3n) is 4.16. The van der Waals surface area contributed by atoms with Gasteiger partial charge >= 0.3 is 0 Å². The zero-order chi connectivity index (χ0) is 18.8. The highest BCUT2D eigenvalue weighted by atomic mass is 19.1. The summed E-state index contributed by atoms with van der Waals surface area (Å²) in [5.41, 5.74) is 0.191. The molecule has 1 aliphatic rings. The Balaban J connectivity index is 2.19. The van der Waals surface area contributed by atoms with Gasteiger partial charge in [-0.3, -0.25) is 9.59 Å². The molecule has 1 heterocycles. The summed E-state index contributed by atoms with van der Waals surface area (Å²) in [4.78, 5) is 25.9. The van der Waals surface area contributed by atoms with Crippen LogP contribution < -0.4 is 0 Å². The standard InChI is InChI=1S/C19H15F2NO4/c20-13-6-4-11(5-7-13)17(24)15-16(12-2-1-3-14(21)10-12)22(8-9-23)19(26)18(15)25/h1-7,10,16,23-24H,8-9H2/b17-15-. The van der Waals surface area contributed by atoms with E-state index in [1.165, 1.54) is 30.3 Å². The topological polar surface area (TPSA) is 77.8 Å². The molecule has 0 bridgehead atoms. The number of amides is 1. The summed E-state index contributed by atoms with van der Waals surface area (Å²) >= 11 is 0. The molecule has 1 aliphatic heterocycles. The van der Waals surface area contributed by atoms with E-state index in [4.69, 9.17) is 0 Å². The Labute approximate surface area is 147 Å². The second kappa shape index (κ2) is 7.05. The fourth-order valence-electron chi connectivity index (χ4n) is 3.00. The SMILES string of the molecule is O=C1C(=O)N(CCO)C(c2cccc(F)c2)/C1=C(/O)c1ccc(F)cc1.